The molecule has 1 aromatic heterocycles. The maximum absolute atomic E-state index is 12.6. The van der Waals surface area contributed by atoms with Crippen molar-refractivity contribution in [2.75, 3.05) is 59.4 Å². The quantitative estimate of drug-likeness (QED) is 0.310. The SMILES string of the molecule is CCN1CCC(CCNC(=NC)N2CCN(S(=O)(=O)Cc3ccon3)CC2)CC1.I. The van der Waals surface area contributed by atoms with E-state index in [0.29, 0.717) is 31.9 Å². The third kappa shape index (κ3) is 7.06. The maximum Gasteiger partial charge on any atom is 0.220 e. The van der Waals surface area contributed by atoms with E-state index in [2.05, 4.69) is 32.2 Å². The summed E-state index contributed by atoms with van der Waals surface area (Å²) in [6, 6.07) is 1.59. The molecule has 9 nitrogen and oxygen atoms in total. The van der Waals surface area contributed by atoms with Gasteiger partial charge in [-0.15, -0.1) is 24.0 Å². The number of piperazine rings is 1. The normalized spacial score (nSPS) is 20.2. The molecule has 0 amide bonds. The topological polar surface area (TPSA) is 94.3 Å². The molecule has 0 unspecified atom stereocenters. The molecule has 11 heteroatoms. The second-order valence-electron chi connectivity index (χ2n) is 7.77. The molecule has 0 bridgehead atoms. The Morgan fingerprint density at radius 1 is 1.23 bits per heavy atom. The van der Waals surface area contributed by atoms with Gasteiger partial charge in [-0.1, -0.05) is 12.1 Å². The van der Waals surface area contributed by atoms with Crippen LogP contribution in [0.15, 0.2) is 21.8 Å². The van der Waals surface area contributed by atoms with Crippen molar-refractivity contribution < 1.29 is 12.9 Å². The minimum absolute atomic E-state index is 0. The van der Waals surface area contributed by atoms with E-state index in [9.17, 15) is 8.42 Å². The van der Waals surface area contributed by atoms with Gasteiger partial charge in [0.15, 0.2) is 5.96 Å². The van der Waals surface area contributed by atoms with Crippen molar-refractivity contribution in [3.05, 3.63) is 18.0 Å². The number of piperidine rings is 1. The summed E-state index contributed by atoms with van der Waals surface area (Å²) in [5.41, 5.74) is 0.440. The number of nitrogens with one attached hydrogen (secondary N) is 1. The number of sulfonamides is 1. The fraction of sp³-hybridized carbons (Fsp3) is 0.789. The van der Waals surface area contributed by atoms with E-state index in [-0.39, 0.29) is 29.7 Å². The van der Waals surface area contributed by atoms with Crippen LogP contribution in [0.4, 0.5) is 0 Å². The number of aliphatic imine (C=N–C) groups is 1. The van der Waals surface area contributed by atoms with Gasteiger partial charge in [0.1, 0.15) is 12.0 Å². The third-order valence-corrected chi connectivity index (χ3v) is 7.77. The molecule has 0 aromatic carbocycles. The number of likely N-dealkylation sites (tertiary alicyclic amines) is 1. The fourth-order valence-corrected chi connectivity index (χ4v) is 5.50. The van der Waals surface area contributed by atoms with Crippen LogP contribution in [0, 0.1) is 5.92 Å². The van der Waals surface area contributed by atoms with Gasteiger partial charge in [0.2, 0.25) is 10.0 Å². The number of hydrogen-bond acceptors (Lipinski definition) is 6. The lowest BCUT2D eigenvalue weighted by atomic mass is 9.93. The minimum Gasteiger partial charge on any atom is -0.364 e. The Morgan fingerprint density at radius 3 is 2.50 bits per heavy atom. The Labute approximate surface area is 197 Å². The Hall–Kier alpha value is -0.920. The van der Waals surface area contributed by atoms with Gasteiger partial charge >= 0.3 is 0 Å². The number of rotatable bonds is 7. The van der Waals surface area contributed by atoms with E-state index in [4.69, 9.17) is 4.52 Å². The van der Waals surface area contributed by atoms with E-state index in [1.165, 1.54) is 36.5 Å². The summed E-state index contributed by atoms with van der Waals surface area (Å²) in [5, 5.41) is 7.18. The Bertz CT molecular complexity index is 742. The van der Waals surface area contributed by atoms with Gasteiger partial charge in [0, 0.05) is 45.8 Å². The Kier molecular flexibility index (Phi) is 10.3. The van der Waals surface area contributed by atoms with Gasteiger partial charge in [0.05, 0.1) is 5.69 Å². The highest BCUT2D eigenvalue weighted by Gasteiger charge is 2.29. The van der Waals surface area contributed by atoms with Crippen molar-refractivity contribution in [3.8, 4) is 0 Å². The van der Waals surface area contributed by atoms with Crippen LogP contribution in [0.5, 0.6) is 0 Å². The van der Waals surface area contributed by atoms with Crippen LogP contribution in [0.3, 0.4) is 0 Å². The predicted molar refractivity (Wildman–Crippen MR) is 129 cm³/mol. The van der Waals surface area contributed by atoms with Gasteiger partial charge in [-0.05, 0) is 44.8 Å². The van der Waals surface area contributed by atoms with Crippen LogP contribution in [-0.4, -0.2) is 93.0 Å². The van der Waals surface area contributed by atoms with Crippen molar-refractivity contribution >= 4 is 40.0 Å². The molecule has 0 saturated carbocycles. The summed E-state index contributed by atoms with van der Waals surface area (Å²) in [6.45, 7) is 8.88. The third-order valence-electron chi connectivity index (χ3n) is 5.95. The molecule has 0 spiro atoms. The van der Waals surface area contributed by atoms with Crippen molar-refractivity contribution in [1.29, 1.82) is 0 Å². The highest BCUT2D eigenvalue weighted by molar-refractivity contribution is 14.0. The van der Waals surface area contributed by atoms with Crippen LogP contribution in [0.1, 0.15) is 31.9 Å². The zero-order chi connectivity index (χ0) is 20.7. The Morgan fingerprint density at radius 2 is 1.93 bits per heavy atom. The molecule has 2 fully saturated rings. The number of aromatic nitrogens is 1. The smallest absolute Gasteiger partial charge is 0.220 e. The summed E-state index contributed by atoms with van der Waals surface area (Å²) >= 11 is 0. The van der Waals surface area contributed by atoms with Gasteiger partial charge in [-0.3, -0.25) is 4.99 Å². The molecule has 30 heavy (non-hydrogen) atoms. The van der Waals surface area contributed by atoms with Crippen molar-refractivity contribution in [3.63, 3.8) is 0 Å². The molecule has 3 heterocycles. The van der Waals surface area contributed by atoms with Gasteiger partial charge in [-0.25, -0.2) is 8.42 Å². The lowest BCUT2D eigenvalue weighted by molar-refractivity contribution is 0.187. The molecule has 172 valence electrons. The first-order valence-corrected chi connectivity index (χ1v) is 12.2. The van der Waals surface area contributed by atoms with Crippen molar-refractivity contribution in [2.45, 2.75) is 31.9 Å². The molecule has 2 aliphatic rings. The van der Waals surface area contributed by atoms with Crippen LogP contribution < -0.4 is 5.32 Å². The molecular formula is C19H35IN6O3S. The summed E-state index contributed by atoms with van der Waals surface area (Å²) < 4.78 is 31.4. The van der Waals surface area contributed by atoms with E-state index in [1.54, 1.807) is 13.1 Å². The van der Waals surface area contributed by atoms with E-state index >= 15 is 0 Å². The first-order chi connectivity index (χ1) is 14.0. The highest BCUT2D eigenvalue weighted by Crippen LogP contribution is 2.19. The monoisotopic (exact) mass is 554 g/mol. The van der Waals surface area contributed by atoms with Gasteiger partial charge in [-0.2, -0.15) is 4.31 Å². The van der Waals surface area contributed by atoms with Crippen LogP contribution >= 0.6 is 24.0 Å². The molecule has 1 aromatic rings. The lowest BCUT2D eigenvalue weighted by Gasteiger charge is -2.36. The number of nitrogens with zero attached hydrogens (tertiary/aromatic N) is 5. The standard InChI is InChI=1S/C19H34N6O3S.HI/c1-3-23-9-5-17(6-10-23)4-8-21-19(20-2)24-11-13-25(14-12-24)29(26,27)16-18-7-15-28-22-18;/h7,15,17H,3-6,8-14,16H2,1-2H3,(H,20,21);1H. The highest BCUT2D eigenvalue weighted by atomic mass is 127. The second kappa shape index (κ2) is 12.2. The lowest BCUT2D eigenvalue weighted by Crippen LogP contribution is -2.54. The fourth-order valence-electron chi connectivity index (χ4n) is 4.08. The zero-order valence-corrected chi connectivity index (χ0v) is 21.1. The maximum atomic E-state index is 12.6. The number of hydrogen-bond donors (Lipinski definition) is 1. The molecule has 3 rings (SSSR count). The Balaban J connectivity index is 0.00000320. The molecule has 0 aliphatic carbocycles. The summed E-state index contributed by atoms with van der Waals surface area (Å²) in [6.07, 6.45) is 5.10. The number of guanidine groups is 1. The summed E-state index contributed by atoms with van der Waals surface area (Å²) in [4.78, 5) is 9.05. The molecule has 1 N–H and O–H groups in total. The van der Waals surface area contributed by atoms with Crippen LogP contribution in [-0.2, 0) is 15.8 Å². The van der Waals surface area contributed by atoms with Crippen molar-refractivity contribution in [1.82, 2.24) is 24.6 Å². The summed E-state index contributed by atoms with van der Waals surface area (Å²) in [7, 11) is -1.59. The molecule has 2 aliphatic heterocycles. The molecular weight excluding hydrogens is 519 g/mol. The van der Waals surface area contributed by atoms with Crippen molar-refractivity contribution in [2.24, 2.45) is 10.9 Å². The van der Waals surface area contributed by atoms with Crippen LogP contribution in [0.25, 0.3) is 0 Å². The first-order valence-electron chi connectivity index (χ1n) is 10.6. The first kappa shape index (κ1) is 25.3. The minimum atomic E-state index is -3.38. The average molecular weight is 554 g/mol. The van der Waals surface area contributed by atoms with E-state index in [1.807, 2.05) is 0 Å². The predicted octanol–water partition coefficient (Wildman–Crippen LogP) is 1.44. The molecule has 2 saturated heterocycles. The van der Waals surface area contributed by atoms with Gasteiger partial charge in [0.25, 0.3) is 0 Å². The molecule has 0 radical (unpaired) electrons. The van der Waals surface area contributed by atoms with Gasteiger partial charge < -0.3 is 19.6 Å². The largest absolute Gasteiger partial charge is 0.364 e. The average Bonchev–Trinajstić information content (AvgIpc) is 3.24. The van der Waals surface area contributed by atoms with Crippen LogP contribution in [0.2, 0.25) is 0 Å². The van der Waals surface area contributed by atoms with E-state index < -0.39 is 10.0 Å². The summed E-state index contributed by atoms with van der Waals surface area (Å²) in [5.74, 6) is 1.53. The number of halogens is 1. The van der Waals surface area contributed by atoms with E-state index in [0.717, 1.165) is 31.4 Å². The second-order valence-corrected chi connectivity index (χ2v) is 9.74. The zero-order valence-electron chi connectivity index (χ0n) is 18.0. The molecule has 0 atom stereocenters.